The zero-order chi connectivity index (χ0) is 10.5. The number of nitrogens with two attached hydrogens (primary N) is 1. The molecule has 0 radical (unpaired) electrons. The standard InChI is InChI=1S/C12H27N/c1-6-11(5,10-13)12(7-2,8-3)9-4/h6-10,13H2,1-5H3. The first-order chi connectivity index (χ1) is 6.05. The van der Waals surface area contributed by atoms with Crippen molar-refractivity contribution in [2.45, 2.75) is 60.3 Å². The average molecular weight is 185 g/mol. The van der Waals surface area contributed by atoms with Crippen molar-refractivity contribution >= 4 is 0 Å². The van der Waals surface area contributed by atoms with E-state index in [4.69, 9.17) is 5.73 Å². The zero-order valence-corrected chi connectivity index (χ0v) is 10.1. The molecule has 0 saturated heterocycles. The van der Waals surface area contributed by atoms with E-state index in [0.717, 1.165) is 6.54 Å². The predicted octanol–water partition coefficient (Wildman–Crippen LogP) is 3.58. The Labute approximate surface area is 84.1 Å². The van der Waals surface area contributed by atoms with Gasteiger partial charge in [0.25, 0.3) is 0 Å². The lowest BCUT2D eigenvalue weighted by Crippen LogP contribution is -2.43. The fourth-order valence-electron chi connectivity index (χ4n) is 2.77. The van der Waals surface area contributed by atoms with Crippen molar-refractivity contribution in [3.8, 4) is 0 Å². The quantitative estimate of drug-likeness (QED) is 0.672. The molecule has 0 saturated carbocycles. The third kappa shape index (κ3) is 2.07. The molecular weight excluding hydrogens is 158 g/mol. The topological polar surface area (TPSA) is 26.0 Å². The molecule has 13 heavy (non-hydrogen) atoms. The van der Waals surface area contributed by atoms with Crippen LogP contribution >= 0.6 is 0 Å². The fourth-order valence-corrected chi connectivity index (χ4v) is 2.77. The van der Waals surface area contributed by atoms with Gasteiger partial charge < -0.3 is 5.73 Å². The van der Waals surface area contributed by atoms with Gasteiger partial charge in [0.1, 0.15) is 0 Å². The van der Waals surface area contributed by atoms with Gasteiger partial charge >= 0.3 is 0 Å². The smallest absolute Gasteiger partial charge is 0.00180 e. The van der Waals surface area contributed by atoms with Crippen LogP contribution in [0.15, 0.2) is 0 Å². The molecule has 0 rings (SSSR count). The molecular formula is C12H27N. The van der Waals surface area contributed by atoms with E-state index < -0.39 is 0 Å². The van der Waals surface area contributed by atoms with Crippen molar-refractivity contribution < 1.29 is 0 Å². The summed E-state index contributed by atoms with van der Waals surface area (Å²) < 4.78 is 0. The number of hydrogen-bond donors (Lipinski definition) is 1. The van der Waals surface area contributed by atoms with Crippen LogP contribution in [0.2, 0.25) is 0 Å². The maximum atomic E-state index is 5.93. The number of hydrogen-bond acceptors (Lipinski definition) is 1. The first-order valence-corrected chi connectivity index (χ1v) is 5.75. The summed E-state index contributed by atoms with van der Waals surface area (Å²) in [6.45, 7) is 12.3. The van der Waals surface area contributed by atoms with Gasteiger partial charge in [0, 0.05) is 0 Å². The largest absolute Gasteiger partial charge is 0.330 e. The van der Waals surface area contributed by atoms with Crippen molar-refractivity contribution in [1.82, 2.24) is 0 Å². The summed E-state index contributed by atoms with van der Waals surface area (Å²) >= 11 is 0. The first-order valence-electron chi connectivity index (χ1n) is 5.75. The van der Waals surface area contributed by atoms with E-state index in [2.05, 4.69) is 34.6 Å². The van der Waals surface area contributed by atoms with Crippen LogP contribution in [-0.4, -0.2) is 6.54 Å². The van der Waals surface area contributed by atoms with Crippen LogP contribution in [0.1, 0.15) is 60.3 Å². The lowest BCUT2D eigenvalue weighted by Gasteiger charge is -2.47. The second kappa shape index (κ2) is 4.99. The van der Waals surface area contributed by atoms with Crippen molar-refractivity contribution in [2.75, 3.05) is 6.54 Å². The molecule has 1 heteroatoms. The molecule has 1 nitrogen and oxygen atoms in total. The Kier molecular flexibility index (Phi) is 4.98. The van der Waals surface area contributed by atoms with E-state index in [1.54, 1.807) is 0 Å². The molecule has 0 fully saturated rings. The molecule has 1 unspecified atom stereocenters. The van der Waals surface area contributed by atoms with E-state index in [0.29, 0.717) is 10.8 Å². The Hall–Kier alpha value is -0.0400. The minimum Gasteiger partial charge on any atom is -0.330 e. The average Bonchev–Trinajstić information content (AvgIpc) is 2.20. The van der Waals surface area contributed by atoms with E-state index >= 15 is 0 Å². The van der Waals surface area contributed by atoms with Gasteiger partial charge in [-0.15, -0.1) is 0 Å². The molecule has 0 aliphatic rings. The molecule has 0 heterocycles. The molecule has 0 amide bonds. The van der Waals surface area contributed by atoms with Gasteiger partial charge in [-0.3, -0.25) is 0 Å². The summed E-state index contributed by atoms with van der Waals surface area (Å²) in [5.41, 5.74) is 6.71. The van der Waals surface area contributed by atoms with Crippen LogP contribution in [-0.2, 0) is 0 Å². The normalized spacial score (nSPS) is 17.1. The van der Waals surface area contributed by atoms with Crippen LogP contribution < -0.4 is 5.73 Å². The Morgan fingerprint density at radius 2 is 1.23 bits per heavy atom. The minimum absolute atomic E-state index is 0.325. The van der Waals surface area contributed by atoms with E-state index in [1.807, 2.05) is 0 Å². The van der Waals surface area contributed by atoms with E-state index in [1.165, 1.54) is 25.7 Å². The third-order valence-electron chi connectivity index (χ3n) is 4.54. The Balaban J connectivity index is 4.87. The summed E-state index contributed by atoms with van der Waals surface area (Å²) in [6.07, 6.45) is 4.95. The molecule has 0 aromatic rings. The Morgan fingerprint density at radius 3 is 1.31 bits per heavy atom. The van der Waals surface area contributed by atoms with Gasteiger partial charge in [-0.05, 0) is 43.1 Å². The maximum Gasteiger partial charge on any atom is -0.00180 e. The molecule has 0 spiro atoms. The highest BCUT2D eigenvalue weighted by molar-refractivity contribution is 4.93. The van der Waals surface area contributed by atoms with E-state index in [9.17, 15) is 0 Å². The van der Waals surface area contributed by atoms with Crippen LogP contribution in [0.5, 0.6) is 0 Å². The summed E-state index contributed by atoms with van der Waals surface area (Å²) in [5.74, 6) is 0. The summed E-state index contributed by atoms with van der Waals surface area (Å²) in [6, 6.07) is 0. The second-order valence-electron chi connectivity index (χ2n) is 4.46. The molecule has 80 valence electrons. The summed E-state index contributed by atoms with van der Waals surface area (Å²) in [5, 5.41) is 0. The molecule has 1 atom stereocenters. The molecule has 0 aromatic heterocycles. The summed E-state index contributed by atoms with van der Waals surface area (Å²) in [7, 11) is 0. The van der Waals surface area contributed by atoms with Crippen LogP contribution in [0, 0.1) is 10.8 Å². The monoisotopic (exact) mass is 185 g/mol. The van der Waals surface area contributed by atoms with Gasteiger partial charge in [0.2, 0.25) is 0 Å². The lowest BCUT2D eigenvalue weighted by molar-refractivity contribution is 0.0385. The van der Waals surface area contributed by atoms with Crippen molar-refractivity contribution in [1.29, 1.82) is 0 Å². The van der Waals surface area contributed by atoms with Crippen molar-refractivity contribution in [2.24, 2.45) is 16.6 Å². The zero-order valence-electron chi connectivity index (χ0n) is 10.1. The van der Waals surface area contributed by atoms with Crippen LogP contribution in [0.4, 0.5) is 0 Å². The maximum absolute atomic E-state index is 5.93. The molecule has 0 aliphatic carbocycles. The van der Waals surface area contributed by atoms with Gasteiger partial charge in [-0.2, -0.15) is 0 Å². The number of rotatable bonds is 6. The van der Waals surface area contributed by atoms with Crippen molar-refractivity contribution in [3.63, 3.8) is 0 Å². The minimum atomic E-state index is 0.325. The molecule has 2 N–H and O–H groups in total. The summed E-state index contributed by atoms with van der Waals surface area (Å²) in [4.78, 5) is 0. The fraction of sp³-hybridized carbons (Fsp3) is 1.00. The third-order valence-corrected chi connectivity index (χ3v) is 4.54. The highest BCUT2D eigenvalue weighted by atomic mass is 14.6. The SMILES string of the molecule is CCC(C)(CN)C(CC)(CC)CC. The van der Waals surface area contributed by atoms with Crippen LogP contribution in [0.25, 0.3) is 0 Å². The molecule has 0 aliphatic heterocycles. The Bertz CT molecular complexity index is 124. The Morgan fingerprint density at radius 1 is 0.846 bits per heavy atom. The van der Waals surface area contributed by atoms with Crippen LogP contribution in [0.3, 0.4) is 0 Å². The van der Waals surface area contributed by atoms with Gasteiger partial charge in [0.15, 0.2) is 0 Å². The second-order valence-corrected chi connectivity index (χ2v) is 4.46. The highest BCUT2D eigenvalue weighted by Crippen LogP contribution is 2.48. The molecule has 0 aromatic carbocycles. The molecule has 0 bridgehead atoms. The van der Waals surface area contributed by atoms with Gasteiger partial charge in [-0.25, -0.2) is 0 Å². The first kappa shape index (κ1) is 13.0. The van der Waals surface area contributed by atoms with E-state index in [-0.39, 0.29) is 0 Å². The lowest BCUT2D eigenvalue weighted by atomic mass is 9.59. The van der Waals surface area contributed by atoms with Gasteiger partial charge in [0.05, 0.1) is 0 Å². The predicted molar refractivity (Wildman–Crippen MR) is 60.8 cm³/mol. The van der Waals surface area contributed by atoms with Crippen molar-refractivity contribution in [3.05, 3.63) is 0 Å². The van der Waals surface area contributed by atoms with Gasteiger partial charge in [-0.1, -0.05) is 34.6 Å². The highest BCUT2D eigenvalue weighted by Gasteiger charge is 2.41.